The molecule has 0 saturated carbocycles. The first-order valence-corrected chi connectivity index (χ1v) is 4.87. The van der Waals surface area contributed by atoms with Crippen molar-refractivity contribution in [3.63, 3.8) is 0 Å². The standard InChI is InChI=1S/C5H3ClFNO2S/c6-11(9,10)5-3-4(7)1-2-8-5/h1-3H. The van der Waals surface area contributed by atoms with Crippen molar-refractivity contribution >= 4 is 19.7 Å². The van der Waals surface area contributed by atoms with Crippen molar-refractivity contribution in [1.29, 1.82) is 0 Å². The Morgan fingerprint density at radius 1 is 1.55 bits per heavy atom. The first-order valence-electron chi connectivity index (χ1n) is 2.56. The number of rotatable bonds is 1. The maximum Gasteiger partial charge on any atom is 0.278 e. The lowest BCUT2D eigenvalue weighted by atomic mass is 10.5. The number of aromatic nitrogens is 1. The minimum Gasteiger partial charge on any atom is -0.243 e. The van der Waals surface area contributed by atoms with Crippen molar-refractivity contribution in [1.82, 2.24) is 4.98 Å². The molecule has 0 saturated heterocycles. The van der Waals surface area contributed by atoms with Gasteiger partial charge in [0.25, 0.3) is 9.05 Å². The Hall–Kier alpha value is -0.680. The van der Waals surface area contributed by atoms with E-state index in [1.807, 2.05) is 0 Å². The Morgan fingerprint density at radius 2 is 2.18 bits per heavy atom. The van der Waals surface area contributed by atoms with E-state index in [2.05, 4.69) is 4.98 Å². The van der Waals surface area contributed by atoms with Crippen LogP contribution in [0.3, 0.4) is 0 Å². The summed E-state index contributed by atoms with van der Waals surface area (Å²) in [6, 6.07) is 1.79. The predicted molar refractivity (Wildman–Crippen MR) is 37.2 cm³/mol. The van der Waals surface area contributed by atoms with Crippen LogP contribution in [0.15, 0.2) is 23.4 Å². The van der Waals surface area contributed by atoms with Crippen LogP contribution in [0.5, 0.6) is 0 Å². The Bertz CT molecular complexity index is 365. The molecule has 0 N–H and O–H groups in total. The summed E-state index contributed by atoms with van der Waals surface area (Å²) in [7, 11) is 0.969. The van der Waals surface area contributed by atoms with Gasteiger partial charge in [0.05, 0.1) is 0 Å². The van der Waals surface area contributed by atoms with Crippen molar-refractivity contribution in [2.24, 2.45) is 0 Å². The van der Waals surface area contributed by atoms with Crippen LogP contribution in [0.25, 0.3) is 0 Å². The van der Waals surface area contributed by atoms with Crippen LogP contribution in [0.2, 0.25) is 0 Å². The van der Waals surface area contributed by atoms with E-state index in [4.69, 9.17) is 10.7 Å². The van der Waals surface area contributed by atoms with Crippen LogP contribution < -0.4 is 0 Å². The van der Waals surface area contributed by atoms with Crippen LogP contribution in [-0.4, -0.2) is 13.4 Å². The Balaban J connectivity index is 3.28. The monoisotopic (exact) mass is 195 g/mol. The molecule has 0 aliphatic carbocycles. The number of hydrogen-bond donors (Lipinski definition) is 0. The van der Waals surface area contributed by atoms with E-state index in [-0.39, 0.29) is 0 Å². The fourth-order valence-electron chi connectivity index (χ4n) is 0.519. The molecule has 0 unspecified atom stereocenters. The van der Waals surface area contributed by atoms with Gasteiger partial charge in [0, 0.05) is 22.9 Å². The normalized spacial score (nSPS) is 11.5. The van der Waals surface area contributed by atoms with Crippen molar-refractivity contribution in [3.05, 3.63) is 24.1 Å². The summed E-state index contributed by atoms with van der Waals surface area (Å²) in [5.41, 5.74) is 0. The Morgan fingerprint density at radius 3 is 2.55 bits per heavy atom. The highest BCUT2D eigenvalue weighted by molar-refractivity contribution is 8.13. The predicted octanol–water partition coefficient (Wildman–Crippen LogP) is 1.15. The molecule has 6 heteroatoms. The summed E-state index contributed by atoms with van der Waals surface area (Å²) in [6.45, 7) is 0. The number of pyridine rings is 1. The van der Waals surface area contributed by atoms with Gasteiger partial charge in [0.2, 0.25) is 0 Å². The molecule has 0 atom stereocenters. The largest absolute Gasteiger partial charge is 0.278 e. The summed E-state index contributed by atoms with van der Waals surface area (Å²) in [4.78, 5) is 3.35. The lowest BCUT2D eigenvalue weighted by Crippen LogP contribution is -1.94. The van der Waals surface area contributed by atoms with Crippen molar-refractivity contribution in [2.45, 2.75) is 5.03 Å². The van der Waals surface area contributed by atoms with Crippen LogP contribution >= 0.6 is 10.7 Å². The second kappa shape index (κ2) is 2.75. The van der Waals surface area contributed by atoms with Gasteiger partial charge in [0.1, 0.15) is 5.82 Å². The molecule has 0 radical (unpaired) electrons. The number of halogens is 2. The quantitative estimate of drug-likeness (QED) is 0.632. The van der Waals surface area contributed by atoms with Gasteiger partial charge in [-0.15, -0.1) is 0 Å². The summed E-state index contributed by atoms with van der Waals surface area (Å²) in [6.07, 6.45) is 1.03. The van der Waals surface area contributed by atoms with E-state index in [1.54, 1.807) is 0 Å². The van der Waals surface area contributed by atoms with Crippen LogP contribution in [0.1, 0.15) is 0 Å². The highest BCUT2D eigenvalue weighted by Gasteiger charge is 2.11. The average molecular weight is 196 g/mol. The summed E-state index contributed by atoms with van der Waals surface area (Å²) in [5, 5.41) is -0.473. The molecular formula is C5H3ClFNO2S. The molecule has 60 valence electrons. The molecule has 1 heterocycles. The molecule has 0 amide bonds. The molecule has 3 nitrogen and oxygen atoms in total. The highest BCUT2D eigenvalue weighted by Crippen LogP contribution is 2.11. The fourth-order valence-corrected chi connectivity index (χ4v) is 1.21. The molecule has 1 aromatic heterocycles. The number of hydrogen-bond acceptors (Lipinski definition) is 3. The smallest absolute Gasteiger partial charge is 0.243 e. The molecule has 0 aliphatic heterocycles. The molecule has 0 spiro atoms. The van der Waals surface area contributed by atoms with Crippen molar-refractivity contribution in [3.8, 4) is 0 Å². The molecule has 1 aromatic rings. The topological polar surface area (TPSA) is 47.0 Å². The third-order valence-electron chi connectivity index (χ3n) is 0.947. The third-order valence-corrected chi connectivity index (χ3v) is 2.14. The zero-order chi connectivity index (χ0) is 8.48. The van der Waals surface area contributed by atoms with E-state index >= 15 is 0 Å². The lowest BCUT2D eigenvalue weighted by molar-refractivity contribution is 0.596. The van der Waals surface area contributed by atoms with Gasteiger partial charge in [-0.1, -0.05) is 0 Å². The van der Waals surface area contributed by atoms with Gasteiger partial charge >= 0.3 is 0 Å². The lowest BCUT2D eigenvalue weighted by Gasteiger charge is -1.92. The first kappa shape index (κ1) is 8.42. The van der Waals surface area contributed by atoms with E-state index in [9.17, 15) is 12.8 Å². The van der Waals surface area contributed by atoms with Gasteiger partial charge in [-0.2, -0.15) is 0 Å². The van der Waals surface area contributed by atoms with Gasteiger partial charge in [-0.25, -0.2) is 17.8 Å². The van der Waals surface area contributed by atoms with Crippen LogP contribution in [-0.2, 0) is 9.05 Å². The summed E-state index contributed by atoms with van der Waals surface area (Å²) < 4.78 is 33.4. The van der Waals surface area contributed by atoms with E-state index in [0.717, 1.165) is 18.3 Å². The molecule has 0 aliphatic rings. The minimum absolute atomic E-state index is 0.473. The summed E-state index contributed by atoms with van der Waals surface area (Å²) in [5.74, 6) is -0.681. The second-order valence-corrected chi connectivity index (χ2v) is 4.26. The fraction of sp³-hybridized carbons (Fsp3) is 0. The maximum absolute atomic E-state index is 12.3. The average Bonchev–Trinajstić information content (AvgIpc) is 1.86. The van der Waals surface area contributed by atoms with E-state index in [0.29, 0.717) is 0 Å². The van der Waals surface area contributed by atoms with E-state index < -0.39 is 19.9 Å². The van der Waals surface area contributed by atoms with E-state index in [1.165, 1.54) is 0 Å². The Labute approximate surface area is 67.2 Å². The SMILES string of the molecule is O=S(=O)(Cl)c1cc(F)ccn1. The number of nitrogens with zero attached hydrogens (tertiary/aromatic N) is 1. The molecular weight excluding hydrogens is 193 g/mol. The maximum atomic E-state index is 12.3. The molecule has 0 aromatic carbocycles. The molecule has 1 rings (SSSR count). The molecule has 0 bridgehead atoms. The molecule has 0 fully saturated rings. The second-order valence-electron chi connectivity index (χ2n) is 1.75. The van der Waals surface area contributed by atoms with Crippen molar-refractivity contribution in [2.75, 3.05) is 0 Å². The van der Waals surface area contributed by atoms with Gasteiger partial charge in [0.15, 0.2) is 5.03 Å². The van der Waals surface area contributed by atoms with Crippen LogP contribution in [0.4, 0.5) is 4.39 Å². The summed E-state index contributed by atoms with van der Waals surface area (Å²) >= 11 is 0. The zero-order valence-electron chi connectivity index (χ0n) is 5.16. The van der Waals surface area contributed by atoms with Crippen molar-refractivity contribution < 1.29 is 12.8 Å². The van der Waals surface area contributed by atoms with Gasteiger partial charge in [-0.3, -0.25) is 0 Å². The zero-order valence-corrected chi connectivity index (χ0v) is 6.73. The first-order chi connectivity index (χ1) is 5.00. The van der Waals surface area contributed by atoms with Crippen LogP contribution in [0, 0.1) is 5.82 Å². The van der Waals surface area contributed by atoms with Gasteiger partial charge < -0.3 is 0 Å². The van der Waals surface area contributed by atoms with Gasteiger partial charge in [-0.05, 0) is 6.07 Å². The third kappa shape index (κ3) is 2.13. The minimum atomic E-state index is -3.90. The highest BCUT2D eigenvalue weighted by atomic mass is 35.7. The Kier molecular flexibility index (Phi) is 2.10. The molecule has 11 heavy (non-hydrogen) atoms.